The lowest BCUT2D eigenvalue weighted by Crippen LogP contribution is -1.92. The van der Waals surface area contributed by atoms with Crippen molar-refractivity contribution in [1.29, 1.82) is 0 Å². The second-order valence-corrected chi connectivity index (χ2v) is 3.06. The van der Waals surface area contributed by atoms with Gasteiger partial charge in [-0.1, -0.05) is 23.2 Å². The average Bonchev–Trinajstić information content (AvgIpc) is 2.08. The van der Waals surface area contributed by atoms with Crippen molar-refractivity contribution in [1.82, 2.24) is 0 Å². The Labute approximate surface area is 86.2 Å². The van der Waals surface area contributed by atoms with Crippen molar-refractivity contribution in [3.63, 3.8) is 0 Å². The van der Waals surface area contributed by atoms with Crippen LogP contribution in [0.4, 0.5) is 0 Å². The largest absolute Gasteiger partial charge is 0.478 e. The molecule has 0 saturated heterocycles. The van der Waals surface area contributed by atoms with Crippen LogP contribution in [0.3, 0.4) is 0 Å². The summed E-state index contributed by atoms with van der Waals surface area (Å²) in [6, 6.07) is 5.36. The molecule has 0 bridgehead atoms. The van der Waals surface area contributed by atoms with Crippen LogP contribution in [0.15, 0.2) is 18.2 Å². The molecule has 4 heteroatoms. The normalized spacial score (nSPS) is 9.92. The second-order valence-electron chi connectivity index (χ2n) is 2.14. The Hall–Kier alpha value is -0.110. The van der Waals surface area contributed by atoms with Crippen molar-refractivity contribution in [2.75, 3.05) is 6.07 Å². The van der Waals surface area contributed by atoms with Gasteiger partial charge in [0.25, 0.3) is 0 Å². The van der Waals surface area contributed by atoms with Crippen LogP contribution >= 0.6 is 34.8 Å². The Morgan fingerprint density at radius 3 is 2.58 bits per heavy atom. The van der Waals surface area contributed by atoms with Crippen molar-refractivity contribution in [3.8, 4) is 5.75 Å². The van der Waals surface area contributed by atoms with Crippen LogP contribution in [0.5, 0.6) is 5.75 Å². The molecule has 66 valence electrons. The van der Waals surface area contributed by atoms with E-state index in [9.17, 15) is 0 Å². The maximum absolute atomic E-state index is 5.75. The van der Waals surface area contributed by atoms with Gasteiger partial charge in [0.1, 0.15) is 5.75 Å². The van der Waals surface area contributed by atoms with E-state index >= 15 is 0 Å². The van der Waals surface area contributed by atoms with Crippen molar-refractivity contribution in [2.45, 2.75) is 5.88 Å². The summed E-state index contributed by atoms with van der Waals surface area (Å²) in [6.45, 7) is 0. The van der Waals surface area contributed by atoms with Gasteiger partial charge in [0.2, 0.25) is 0 Å². The highest BCUT2D eigenvalue weighted by molar-refractivity contribution is 6.30. The average molecular weight is 226 g/mol. The molecule has 0 aliphatic carbocycles. The molecule has 0 heterocycles. The van der Waals surface area contributed by atoms with Gasteiger partial charge in [-0.25, -0.2) is 0 Å². The quantitative estimate of drug-likeness (QED) is 0.714. The summed E-state index contributed by atoms with van der Waals surface area (Å²) in [6.07, 6.45) is 0. The third-order valence-corrected chi connectivity index (χ3v) is 2.01. The van der Waals surface area contributed by atoms with Crippen LogP contribution < -0.4 is 4.74 Å². The molecule has 1 rings (SSSR count). The lowest BCUT2D eigenvalue weighted by molar-refractivity contribution is 0.385. The molecule has 0 amide bonds. The fourth-order valence-electron chi connectivity index (χ4n) is 0.852. The predicted octanol–water partition coefficient (Wildman–Crippen LogP) is 3.65. The van der Waals surface area contributed by atoms with Crippen molar-refractivity contribution in [3.05, 3.63) is 28.8 Å². The first kappa shape index (κ1) is 9.97. The van der Waals surface area contributed by atoms with E-state index in [4.69, 9.17) is 39.5 Å². The molecule has 1 aromatic carbocycles. The number of hydrogen-bond donors (Lipinski definition) is 0. The van der Waals surface area contributed by atoms with E-state index in [1.165, 1.54) is 0 Å². The van der Waals surface area contributed by atoms with Gasteiger partial charge < -0.3 is 4.74 Å². The third-order valence-electron chi connectivity index (χ3n) is 1.38. The van der Waals surface area contributed by atoms with E-state index in [1.807, 2.05) is 0 Å². The molecule has 0 N–H and O–H groups in total. The number of halogens is 3. The third kappa shape index (κ3) is 2.44. The summed E-state index contributed by atoms with van der Waals surface area (Å²) in [7, 11) is 0. The van der Waals surface area contributed by atoms with Crippen LogP contribution in [-0.2, 0) is 5.88 Å². The minimum atomic E-state index is 0.117. The maximum atomic E-state index is 5.75. The molecule has 1 nitrogen and oxygen atoms in total. The summed E-state index contributed by atoms with van der Waals surface area (Å²) in [5.74, 6) is 1.05. The summed E-state index contributed by atoms with van der Waals surface area (Å²) in [5, 5.41) is 0.646. The molecule has 0 aromatic heterocycles. The zero-order chi connectivity index (χ0) is 8.97. The van der Waals surface area contributed by atoms with Gasteiger partial charge in [0.05, 0.1) is 5.88 Å². The minimum Gasteiger partial charge on any atom is -0.478 e. The summed E-state index contributed by atoms with van der Waals surface area (Å²) in [5.41, 5.74) is 0.852. The van der Waals surface area contributed by atoms with Crippen LogP contribution in [-0.4, -0.2) is 6.07 Å². The number of ether oxygens (including phenoxy) is 1. The van der Waals surface area contributed by atoms with E-state index in [0.29, 0.717) is 16.7 Å². The highest BCUT2D eigenvalue weighted by atomic mass is 35.5. The zero-order valence-electron chi connectivity index (χ0n) is 6.19. The summed E-state index contributed by atoms with van der Waals surface area (Å²) in [4.78, 5) is 0. The van der Waals surface area contributed by atoms with Crippen molar-refractivity contribution < 1.29 is 4.74 Å². The lowest BCUT2D eigenvalue weighted by Gasteiger charge is -2.06. The number of alkyl halides is 2. The van der Waals surface area contributed by atoms with E-state index in [0.717, 1.165) is 5.56 Å². The standard InChI is InChI=1S/C8H7Cl3O/c9-4-6-3-7(11)1-2-8(6)12-5-10/h1-3H,4-5H2. The lowest BCUT2D eigenvalue weighted by atomic mass is 10.2. The molecule has 1 aromatic rings. The second kappa shape index (κ2) is 4.80. The van der Waals surface area contributed by atoms with Gasteiger partial charge in [-0.05, 0) is 18.2 Å². The molecule has 0 saturated carbocycles. The molecular formula is C8H7Cl3O. The highest BCUT2D eigenvalue weighted by Crippen LogP contribution is 2.24. The molecule has 0 atom stereocenters. The number of hydrogen-bond acceptors (Lipinski definition) is 1. The highest BCUT2D eigenvalue weighted by Gasteiger charge is 2.02. The van der Waals surface area contributed by atoms with E-state index in [1.54, 1.807) is 18.2 Å². The fourth-order valence-corrected chi connectivity index (χ4v) is 1.37. The van der Waals surface area contributed by atoms with Crippen LogP contribution in [0.2, 0.25) is 5.02 Å². The Morgan fingerprint density at radius 2 is 2.00 bits per heavy atom. The Morgan fingerprint density at radius 1 is 1.25 bits per heavy atom. The van der Waals surface area contributed by atoms with Crippen molar-refractivity contribution in [2.24, 2.45) is 0 Å². The van der Waals surface area contributed by atoms with Crippen LogP contribution in [0.25, 0.3) is 0 Å². The van der Waals surface area contributed by atoms with Gasteiger partial charge >= 0.3 is 0 Å². The first-order chi connectivity index (χ1) is 5.77. The van der Waals surface area contributed by atoms with Gasteiger partial charge in [-0.15, -0.1) is 11.6 Å². The molecule has 0 spiro atoms. The van der Waals surface area contributed by atoms with E-state index in [2.05, 4.69) is 0 Å². The molecular weight excluding hydrogens is 218 g/mol. The van der Waals surface area contributed by atoms with E-state index < -0.39 is 0 Å². The Balaban J connectivity index is 2.94. The molecule has 0 aliphatic rings. The van der Waals surface area contributed by atoms with Gasteiger partial charge in [-0.2, -0.15) is 0 Å². The SMILES string of the molecule is ClCOc1ccc(Cl)cc1CCl. The monoisotopic (exact) mass is 224 g/mol. The smallest absolute Gasteiger partial charge is 0.162 e. The fraction of sp³-hybridized carbons (Fsp3) is 0.250. The molecule has 0 fully saturated rings. The molecule has 0 aliphatic heterocycles. The Kier molecular flexibility index (Phi) is 3.99. The number of rotatable bonds is 3. The van der Waals surface area contributed by atoms with Gasteiger partial charge in [-0.3, -0.25) is 0 Å². The first-order valence-corrected chi connectivity index (χ1v) is 4.75. The molecule has 0 radical (unpaired) electrons. The van der Waals surface area contributed by atoms with Crippen molar-refractivity contribution >= 4 is 34.8 Å². The minimum absolute atomic E-state index is 0.117. The van der Waals surface area contributed by atoms with Crippen LogP contribution in [0.1, 0.15) is 5.56 Å². The van der Waals surface area contributed by atoms with Gasteiger partial charge in [0, 0.05) is 10.6 Å². The summed E-state index contributed by atoms with van der Waals surface area (Å²) >= 11 is 16.8. The first-order valence-electron chi connectivity index (χ1n) is 3.31. The zero-order valence-corrected chi connectivity index (χ0v) is 8.46. The maximum Gasteiger partial charge on any atom is 0.162 e. The topological polar surface area (TPSA) is 9.23 Å². The van der Waals surface area contributed by atoms with Crippen LogP contribution in [0, 0.1) is 0 Å². The molecule has 12 heavy (non-hydrogen) atoms. The van der Waals surface area contributed by atoms with Gasteiger partial charge in [0.15, 0.2) is 6.07 Å². The predicted molar refractivity (Wildman–Crippen MR) is 52.4 cm³/mol. The van der Waals surface area contributed by atoms with E-state index in [-0.39, 0.29) is 6.07 Å². The Bertz CT molecular complexity index is 262. The number of benzene rings is 1. The molecule has 0 unspecified atom stereocenters. The summed E-state index contributed by atoms with van der Waals surface area (Å²) < 4.78 is 5.11.